The molecule has 6 heteroatoms. The third kappa shape index (κ3) is 2.22. The summed E-state index contributed by atoms with van der Waals surface area (Å²) in [6.07, 6.45) is 2.29. The summed E-state index contributed by atoms with van der Waals surface area (Å²) < 4.78 is 5.20. The van der Waals surface area contributed by atoms with Crippen molar-refractivity contribution in [2.75, 3.05) is 18.6 Å². The van der Waals surface area contributed by atoms with Crippen LogP contribution in [0, 0.1) is 0 Å². The normalized spacial score (nSPS) is 17.7. The highest BCUT2D eigenvalue weighted by Gasteiger charge is 2.54. The molecule has 2 heterocycles. The summed E-state index contributed by atoms with van der Waals surface area (Å²) in [4.78, 5) is 10.8. The van der Waals surface area contributed by atoms with Gasteiger partial charge in [0.05, 0.1) is 7.11 Å². The molecule has 0 amide bonds. The molecule has 4 nitrogen and oxygen atoms in total. The summed E-state index contributed by atoms with van der Waals surface area (Å²) in [6, 6.07) is 8.08. The number of benzene rings is 1. The molecule has 1 aliphatic heterocycles. The summed E-state index contributed by atoms with van der Waals surface area (Å²) in [7, 11) is 1.67. The smallest absolute Gasteiger partial charge is 0.225 e. The second kappa shape index (κ2) is 5.00. The van der Waals surface area contributed by atoms with Gasteiger partial charge in [0, 0.05) is 24.1 Å². The van der Waals surface area contributed by atoms with Crippen LogP contribution in [-0.4, -0.2) is 23.6 Å². The van der Waals surface area contributed by atoms with Crippen LogP contribution in [-0.2, 0) is 12.0 Å². The number of aromatic nitrogens is 2. The lowest BCUT2D eigenvalue weighted by atomic mass is 10.0. The summed E-state index contributed by atoms with van der Waals surface area (Å²) in [5.74, 6) is 1.75. The molecule has 1 aliphatic carbocycles. The van der Waals surface area contributed by atoms with E-state index in [1.807, 2.05) is 12.1 Å². The van der Waals surface area contributed by atoms with Gasteiger partial charge in [0.25, 0.3) is 0 Å². The number of nitrogens with zero attached hydrogens (tertiary/aromatic N) is 3. The van der Waals surface area contributed by atoms with Gasteiger partial charge in [-0.25, -0.2) is 9.97 Å². The molecule has 1 saturated carbocycles. The minimum Gasteiger partial charge on any atom is -0.497 e. The maximum atomic E-state index is 6.33. The molecule has 0 atom stereocenters. The van der Waals surface area contributed by atoms with Crippen LogP contribution < -0.4 is 9.64 Å². The predicted octanol–water partition coefficient (Wildman–Crippen LogP) is 3.84. The Balaban J connectivity index is 1.67. The van der Waals surface area contributed by atoms with E-state index in [0.717, 1.165) is 43.1 Å². The molecule has 4 rings (SSSR count). The fourth-order valence-electron chi connectivity index (χ4n) is 3.24. The van der Waals surface area contributed by atoms with Gasteiger partial charge in [-0.3, -0.25) is 0 Å². The highest BCUT2D eigenvalue weighted by molar-refractivity contribution is 6.33. The molecular formula is C16H15Cl2N3O. The number of anilines is 1. The molecule has 0 N–H and O–H groups in total. The lowest BCUT2D eigenvalue weighted by molar-refractivity contribution is 0.414. The van der Waals surface area contributed by atoms with Crippen LogP contribution in [0.4, 0.5) is 5.82 Å². The number of ether oxygens (including phenoxy) is 1. The van der Waals surface area contributed by atoms with E-state index in [2.05, 4.69) is 27.0 Å². The molecule has 2 aromatic rings. The van der Waals surface area contributed by atoms with Crippen LogP contribution in [0.5, 0.6) is 5.75 Å². The van der Waals surface area contributed by atoms with Crippen molar-refractivity contribution in [2.24, 2.45) is 0 Å². The Morgan fingerprint density at radius 1 is 1.18 bits per heavy atom. The van der Waals surface area contributed by atoms with Crippen molar-refractivity contribution in [3.8, 4) is 5.75 Å². The molecule has 2 aliphatic rings. The van der Waals surface area contributed by atoms with Crippen molar-refractivity contribution < 1.29 is 4.74 Å². The quantitative estimate of drug-likeness (QED) is 0.630. The van der Waals surface area contributed by atoms with Gasteiger partial charge in [-0.2, -0.15) is 0 Å². The van der Waals surface area contributed by atoms with E-state index in [1.54, 1.807) is 7.11 Å². The number of rotatable bonds is 3. The summed E-state index contributed by atoms with van der Waals surface area (Å²) in [5, 5.41) is 0.714. The van der Waals surface area contributed by atoms with Crippen molar-refractivity contribution >= 4 is 29.0 Å². The third-order valence-corrected chi connectivity index (χ3v) is 4.97. The number of hydrogen-bond donors (Lipinski definition) is 0. The molecule has 0 radical (unpaired) electrons. The van der Waals surface area contributed by atoms with Crippen LogP contribution in [0.3, 0.4) is 0 Å². The molecule has 22 heavy (non-hydrogen) atoms. The van der Waals surface area contributed by atoms with Gasteiger partial charge in [-0.15, -0.1) is 0 Å². The van der Waals surface area contributed by atoms with Crippen molar-refractivity contribution in [2.45, 2.75) is 24.8 Å². The Kier molecular flexibility index (Phi) is 3.20. The van der Waals surface area contributed by atoms with Crippen LogP contribution in [0.2, 0.25) is 10.4 Å². The number of halogens is 2. The maximum Gasteiger partial charge on any atom is 0.225 e. The van der Waals surface area contributed by atoms with E-state index < -0.39 is 0 Å². The van der Waals surface area contributed by atoms with Crippen molar-refractivity contribution in [3.63, 3.8) is 0 Å². The first-order chi connectivity index (χ1) is 10.6. The zero-order chi connectivity index (χ0) is 15.3. The zero-order valence-electron chi connectivity index (χ0n) is 12.1. The number of fused-ring (bicyclic) bond motifs is 2. The zero-order valence-corrected chi connectivity index (χ0v) is 13.7. The Bertz CT molecular complexity index is 729. The Morgan fingerprint density at radius 2 is 1.91 bits per heavy atom. The van der Waals surface area contributed by atoms with Crippen LogP contribution in [0.15, 0.2) is 24.3 Å². The van der Waals surface area contributed by atoms with Crippen molar-refractivity contribution in [1.82, 2.24) is 9.97 Å². The van der Waals surface area contributed by atoms with E-state index in [4.69, 9.17) is 27.9 Å². The average Bonchev–Trinajstić information content (AvgIpc) is 3.19. The average molecular weight is 336 g/mol. The van der Waals surface area contributed by atoms with Gasteiger partial charge in [0.1, 0.15) is 16.7 Å². The van der Waals surface area contributed by atoms with E-state index >= 15 is 0 Å². The predicted molar refractivity (Wildman–Crippen MR) is 87.0 cm³/mol. The first kappa shape index (κ1) is 14.1. The standard InChI is InChI=1S/C16H15Cl2N3O/c1-22-11-4-2-10(3-5-11)8-21-9-16(6-7-16)12-13(17)19-15(18)20-14(12)21/h2-5H,6-9H2,1H3. The van der Waals surface area contributed by atoms with E-state index in [-0.39, 0.29) is 10.7 Å². The van der Waals surface area contributed by atoms with Crippen LogP contribution in [0.25, 0.3) is 0 Å². The largest absolute Gasteiger partial charge is 0.497 e. The van der Waals surface area contributed by atoms with Gasteiger partial charge in [0.2, 0.25) is 5.28 Å². The maximum absolute atomic E-state index is 6.33. The highest BCUT2D eigenvalue weighted by Crippen LogP contribution is 2.58. The van der Waals surface area contributed by atoms with Crippen LogP contribution in [0.1, 0.15) is 24.0 Å². The molecule has 1 fully saturated rings. The minimum atomic E-state index is 0.142. The molecule has 1 spiro atoms. The number of methoxy groups -OCH3 is 1. The lowest BCUT2D eigenvalue weighted by Crippen LogP contribution is -2.24. The van der Waals surface area contributed by atoms with Crippen molar-refractivity contribution in [1.29, 1.82) is 0 Å². The first-order valence-corrected chi connectivity index (χ1v) is 7.98. The molecule has 0 bridgehead atoms. The first-order valence-electron chi connectivity index (χ1n) is 7.23. The summed E-state index contributed by atoms with van der Waals surface area (Å²) in [5.41, 5.74) is 2.42. The Hall–Kier alpha value is -1.52. The van der Waals surface area contributed by atoms with Gasteiger partial charge in [-0.1, -0.05) is 23.7 Å². The monoisotopic (exact) mass is 335 g/mol. The lowest BCUT2D eigenvalue weighted by Gasteiger charge is -2.19. The fraction of sp³-hybridized carbons (Fsp3) is 0.375. The molecule has 1 aromatic heterocycles. The Labute approximate surface area is 139 Å². The van der Waals surface area contributed by atoms with E-state index in [9.17, 15) is 0 Å². The third-order valence-electron chi connectivity index (χ3n) is 4.53. The fourth-order valence-corrected chi connectivity index (χ4v) is 3.82. The summed E-state index contributed by atoms with van der Waals surface area (Å²) >= 11 is 12.3. The number of hydrogen-bond acceptors (Lipinski definition) is 4. The topological polar surface area (TPSA) is 38.2 Å². The van der Waals surface area contributed by atoms with Gasteiger partial charge in [0.15, 0.2) is 0 Å². The second-order valence-electron chi connectivity index (χ2n) is 5.97. The molecular weight excluding hydrogens is 321 g/mol. The Morgan fingerprint density at radius 3 is 2.55 bits per heavy atom. The highest BCUT2D eigenvalue weighted by atomic mass is 35.5. The summed E-state index contributed by atoms with van der Waals surface area (Å²) in [6.45, 7) is 1.71. The van der Waals surface area contributed by atoms with Gasteiger partial charge >= 0.3 is 0 Å². The molecule has 1 aromatic carbocycles. The van der Waals surface area contributed by atoms with E-state index in [1.165, 1.54) is 5.56 Å². The van der Waals surface area contributed by atoms with E-state index in [0.29, 0.717) is 5.15 Å². The van der Waals surface area contributed by atoms with Gasteiger partial charge < -0.3 is 9.64 Å². The molecule has 0 saturated heterocycles. The second-order valence-corrected chi connectivity index (χ2v) is 6.66. The molecule has 0 unspecified atom stereocenters. The van der Waals surface area contributed by atoms with Crippen molar-refractivity contribution in [3.05, 3.63) is 45.8 Å². The minimum absolute atomic E-state index is 0.142. The molecule has 114 valence electrons. The SMILES string of the molecule is COc1ccc(CN2CC3(CC3)c3c(Cl)nc(Cl)nc32)cc1. The van der Waals surface area contributed by atoms with Crippen LogP contribution >= 0.6 is 23.2 Å². The van der Waals surface area contributed by atoms with Gasteiger partial charge in [-0.05, 0) is 42.1 Å².